The number of methoxy groups -OCH3 is 1. The third-order valence-corrected chi connectivity index (χ3v) is 4.94. The minimum absolute atomic E-state index is 0.0877. The van der Waals surface area contributed by atoms with Crippen molar-refractivity contribution < 1.29 is 17.9 Å². The van der Waals surface area contributed by atoms with E-state index in [2.05, 4.69) is 14.8 Å². The van der Waals surface area contributed by atoms with Crippen molar-refractivity contribution in [3.05, 3.63) is 65.4 Å². The van der Waals surface area contributed by atoms with Gasteiger partial charge in [0.15, 0.2) is 5.57 Å². The van der Waals surface area contributed by atoms with Crippen molar-refractivity contribution in [1.29, 1.82) is 5.26 Å². The molecule has 0 saturated heterocycles. The number of carbonyl (C=O) groups is 1. The Labute approximate surface area is 158 Å². The number of benzene rings is 2. The Hall–Kier alpha value is -3.31. The summed E-state index contributed by atoms with van der Waals surface area (Å²) in [6.07, 6.45) is 1.20. The van der Waals surface area contributed by atoms with E-state index in [0.29, 0.717) is 11.4 Å². The molecule has 0 amide bonds. The zero-order chi connectivity index (χ0) is 20.0. The molecule has 0 spiro atoms. The molecule has 2 aromatic carbocycles. The molecule has 8 heteroatoms. The van der Waals surface area contributed by atoms with Gasteiger partial charge in [0.1, 0.15) is 6.07 Å². The molecule has 27 heavy (non-hydrogen) atoms. The molecule has 0 atom stereocenters. The number of hydrogen-bond donors (Lipinski definition) is 2. The first kappa shape index (κ1) is 20.0. The number of rotatable bonds is 6. The highest BCUT2D eigenvalue weighted by molar-refractivity contribution is 7.92. The molecule has 140 valence electrons. The summed E-state index contributed by atoms with van der Waals surface area (Å²) in [7, 11) is -2.56. The lowest BCUT2D eigenvalue weighted by Gasteiger charge is -2.10. The number of nitrogens with one attached hydrogen (secondary N) is 2. The molecule has 0 saturated carbocycles. The fraction of sp³-hybridized carbons (Fsp3) is 0.158. The molecular weight excluding hydrogens is 366 g/mol. The summed E-state index contributed by atoms with van der Waals surface area (Å²) < 4.78 is 32.1. The maximum atomic E-state index is 12.5. The molecule has 2 N–H and O–H groups in total. The van der Waals surface area contributed by atoms with E-state index in [1.54, 1.807) is 18.2 Å². The Morgan fingerprint density at radius 2 is 1.67 bits per heavy atom. The van der Waals surface area contributed by atoms with Crippen molar-refractivity contribution in [3.63, 3.8) is 0 Å². The van der Waals surface area contributed by atoms with E-state index in [4.69, 9.17) is 5.26 Å². The predicted molar refractivity (Wildman–Crippen MR) is 103 cm³/mol. The quantitative estimate of drug-likeness (QED) is 0.449. The third-order valence-electron chi connectivity index (χ3n) is 3.55. The largest absolute Gasteiger partial charge is 0.465 e. The average Bonchev–Trinajstić information content (AvgIpc) is 2.61. The van der Waals surface area contributed by atoms with Gasteiger partial charge in [0.25, 0.3) is 10.0 Å². The van der Waals surface area contributed by atoms with Crippen LogP contribution in [0.4, 0.5) is 11.4 Å². The Morgan fingerprint density at radius 1 is 1.07 bits per heavy atom. The summed E-state index contributed by atoms with van der Waals surface area (Å²) >= 11 is 0. The predicted octanol–water partition coefficient (Wildman–Crippen LogP) is 3.10. The first-order valence-corrected chi connectivity index (χ1v) is 9.40. The van der Waals surface area contributed by atoms with Gasteiger partial charge in [0.2, 0.25) is 0 Å². The number of nitriles is 1. The van der Waals surface area contributed by atoms with Crippen LogP contribution in [0.25, 0.3) is 0 Å². The number of aryl methyl sites for hydroxylation is 2. The molecule has 0 bridgehead atoms. The summed E-state index contributed by atoms with van der Waals surface area (Å²) in [4.78, 5) is 11.4. The molecule has 0 unspecified atom stereocenters. The first-order chi connectivity index (χ1) is 12.7. The molecule has 0 radical (unpaired) electrons. The number of esters is 1. The average molecular weight is 385 g/mol. The van der Waals surface area contributed by atoms with E-state index in [1.165, 1.54) is 37.6 Å². The number of carbonyl (C=O) groups excluding carboxylic acids is 1. The zero-order valence-corrected chi connectivity index (χ0v) is 15.9. The van der Waals surface area contributed by atoms with Crippen molar-refractivity contribution >= 4 is 27.4 Å². The second-order valence-corrected chi connectivity index (χ2v) is 7.49. The van der Waals surface area contributed by atoms with Gasteiger partial charge >= 0.3 is 5.97 Å². The second kappa shape index (κ2) is 8.38. The molecule has 0 aromatic heterocycles. The van der Waals surface area contributed by atoms with Crippen LogP contribution in [-0.4, -0.2) is 21.5 Å². The maximum absolute atomic E-state index is 12.5. The van der Waals surface area contributed by atoms with Gasteiger partial charge in [-0.2, -0.15) is 5.26 Å². The fourth-order valence-electron chi connectivity index (χ4n) is 2.38. The number of nitrogens with zero attached hydrogens (tertiary/aromatic N) is 1. The van der Waals surface area contributed by atoms with Gasteiger partial charge < -0.3 is 10.1 Å². The van der Waals surface area contributed by atoms with Crippen molar-refractivity contribution in [2.24, 2.45) is 0 Å². The molecule has 0 fully saturated rings. The fourth-order valence-corrected chi connectivity index (χ4v) is 3.42. The Morgan fingerprint density at radius 3 is 2.19 bits per heavy atom. The number of sulfonamides is 1. The van der Waals surface area contributed by atoms with Crippen LogP contribution in [0.15, 0.2) is 59.1 Å². The highest BCUT2D eigenvalue weighted by atomic mass is 32.2. The lowest BCUT2D eigenvalue weighted by atomic mass is 10.1. The summed E-state index contributed by atoms with van der Waals surface area (Å²) in [6, 6.07) is 13.1. The Kier molecular flexibility index (Phi) is 6.21. The monoisotopic (exact) mass is 385 g/mol. The zero-order valence-electron chi connectivity index (χ0n) is 15.1. The van der Waals surface area contributed by atoms with Crippen LogP contribution in [-0.2, 0) is 19.6 Å². The van der Waals surface area contributed by atoms with E-state index in [-0.39, 0.29) is 10.5 Å². The molecule has 2 aromatic rings. The molecule has 0 aliphatic heterocycles. The Bertz CT molecular complexity index is 1000. The summed E-state index contributed by atoms with van der Waals surface area (Å²) in [5.74, 6) is -0.762. The van der Waals surface area contributed by atoms with Gasteiger partial charge in [0, 0.05) is 17.6 Å². The van der Waals surface area contributed by atoms with Crippen LogP contribution >= 0.6 is 0 Å². The van der Waals surface area contributed by atoms with Gasteiger partial charge in [-0.15, -0.1) is 0 Å². The van der Waals surface area contributed by atoms with Gasteiger partial charge in [-0.25, -0.2) is 13.2 Å². The Balaban J connectivity index is 2.17. The molecule has 7 nitrogen and oxygen atoms in total. The van der Waals surface area contributed by atoms with E-state index >= 15 is 0 Å². The van der Waals surface area contributed by atoms with Crippen molar-refractivity contribution in [3.8, 4) is 6.07 Å². The molecule has 0 aliphatic carbocycles. The van der Waals surface area contributed by atoms with Crippen LogP contribution in [0, 0.1) is 25.2 Å². The number of anilines is 2. The van der Waals surface area contributed by atoms with Crippen molar-refractivity contribution in [2.45, 2.75) is 18.7 Å². The first-order valence-electron chi connectivity index (χ1n) is 7.91. The third kappa shape index (κ3) is 5.33. The second-order valence-electron chi connectivity index (χ2n) is 5.81. The van der Waals surface area contributed by atoms with Gasteiger partial charge in [-0.05, 0) is 61.4 Å². The lowest BCUT2D eigenvalue weighted by molar-refractivity contribution is -0.135. The summed E-state index contributed by atoms with van der Waals surface area (Å²) in [5.41, 5.74) is 2.72. The summed E-state index contributed by atoms with van der Waals surface area (Å²) in [5, 5.41) is 11.6. The van der Waals surface area contributed by atoms with Gasteiger partial charge in [-0.1, -0.05) is 6.07 Å². The standard InChI is InChI=1S/C19H19N3O4S/c1-13-8-14(2)10-17(9-13)22-27(24,25)18-6-4-16(5-7-18)21-12-15(11-20)19(23)26-3/h4-10,12,21-22H,1-3H3/b15-12+. The SMILES string of the molecule is COC(=O)/C(C#N)=C/Nc1ccc(S(=O)(=O)Nc2cc(C)cc(C)c2)cc1. The minimum Gasteiger partial charge on any atom is -0.465 e. The van der Waals surface area contributed by atoms with E-state index < -0.39 is 16.0 Å². The van der Waals surface area contributed by atoms with Gasteiger partial charge in [-0.3, -0.25) is 4.72 Å². The number of ether oxygens (including phenoxy) is 1. The molecule has 0 aliphatic rings. The normalized spacial score (nSPS) is 11.4. The van der Waals surface area contributed by atoms with Crippen molar-refractivity contribution in [2.75, 3.05) is 17.1 Å². The number of hydrogen-bond acceptors (Lipinski definition) is 6. The van der Waals surface area contributed by atoms with E-state index in [0.717, 1.165) is 11.1 Å². The highest BCUT2D eigenvalue weighted by Crippen LogP contribution is 2.20. The lowest BCUT2D eigenvalue weighted by Crippen LogP contribution is -2.13. The topological polar surface area (TPSA) is 108 Å². The summed E-state index contributed by atoms with van der Waals surface area (Å²) in [6.45, 7) is 3.78. The van der Waals surface area contributed by atoms with Crippen LogP contribution in [0.5, 0.6) is 0 Å². The highest BCUT2D eigenvalue weighted by Gasteiger charge is 2.14. The molecular formula is C19H19N3O4S. The maximum Gasteiger partial charge on any atom is 0.350 e. The van der Waals surface area contributed by atoms with Crippen molar-refractivity contribution in [1.82, 2.24) is 0 Å². The van der Waals surface area contributed by atoms with Crippen LogP contribution < -0.4 is 10.0 Å². The van der Waals surface area contributed by atoms with E-state index in [1.807, 2.05) is 19.9 Å². The van der Waals surface area contributed by atoms with Crippen LogP contribution in [0.3, 0.4) is 0 Å². The van der Waals surface area contributed by atoms with Gasteiger partial charge in [0.05, 0.1) is 12.0 Å². The minimum atomic E-state index is -3.74. The smallest absolute Gasteiger partial charge is 0.350 e. The van der Waals surface area contributed by atoms with E-state index in [9.17, 15) is 13.2 Å². The molecule has 2 rings (SSSR count). The molecule has 0 heterocycles. The van der Waals surface area contributed by atoms with Crippen LogP contribution in [0.1, 0.15) is 11.1 Å². The van der Waals surface area contributed by atoms with Crippen LogP contribution in [0.2, 0.25) is 0 Å².